The number of anilines is 2. The van der Waals surface area contributed by atoms with Crippen LogP contribution < -0.4 is 4.90 Å². The van der Waals surface area contributed by atoms with Crippen LogP contribution in [0.1, 0.15) is 25.3 Å². The molecule has 0 spiro atoms. The molecule has 25 heavy (non-hydrogen) atoms. The van der Waals surface area contributed by atoms with Crippen molar-refractivity contribution in [3.05, 3.63) is 96.2 Å². The van der Waals surface area contributed by atoms with Gasteiger partial charge in [-0.3, -0.25) is 0 Å². The van der Waals surface area contributed by atoms with E-state index in [-0.39, 0.29) is 0 Å². The molecule has 0 aromatic heterocycles. The Kier molecular flexibility index (Phi) is 4.39. The third-order valence-corrected chi connectivity index (χ3v) is 4.86. The van der Waals surface area contributed by atoms with E-state index in [1.807, 2.05) is 0 Å². The van der Waals surface area contributed by atoms with Gasteiger partial charge in [0.15, 0.2) is 0 Å². The van der Waals surface area contributed by atoms with Crippen LogP contribution in [0.4, 0.5) is 11.4 Å². The lowest BCUT2D eigenvalue weighted by molar-refractivity contribution is 0.998. The van der Waals surface area contributed by atoms with Gasteiger partial charge in [0.25, 0.3) is 0 Å². The summed E-state index contributed by atoms with van der Waals surface area (Å²) in [4.78, 5) is 2.39. The van der Waals surface area contributed by atoms with E-state index in [0.29, 0.717) is 0 Å². The number of benzene rings is 3. The summed E-state index contributed by atoms with van der Waals surface area (Å²) >= 11 is 0. The fourth-order valence-electron chi connectivity index (χ4n) is 3.62. The molecule has 0 atom stereocenters. The molecule has 1 heteroatoms. The van der Waals surface area contributed by atoms with Crippen molar-refractivity contribution in [3.8, 4) is 0 Å². The van der Waals surface area contributed by atoms with Crippen LogP contribution in [0, 0.1) is 0 Å². The van der Waals surface area contributed by atoms with Crippen LogP contribution in [0.3, 0.4) is 0 Å². The Morgan fingerprint density at radius 2 is 1.56 bits per heavy atom. The number of allylic oxidation sites excluding steroid dienone is 3. The third kappa shape index (κ3) is 2.98. The monoisotopic (exact) mass is 325 g/mol. The predicted molar refractivity (Wildman–Crippen MR) is 108 cm³/mol. The molecular formula is C24H23N. The molecule has 0 bridgehead atoms. The van der Waals surface area contributed by atoms with Crippen molar-refractivity contribution in [1.82, 2.24) is 0 Å². The van der Waals surface area contributed by atoms with Crippen LogP contribution in [-0.2, 0) is 6.42 Å². The van der Waals surface area contributed by atoms with Crippen LogP contribution in [0.2, 0.25) is 0 Å². The molecule has 0 fully saturated rings. The zero-order valence-electron chi connectivity index (χ0n) is 14.7. The molecule has 0 amide bonds. The molecule has 0 unspecified atom stereocenters. The van der Waals surface area contributed by atoms with E-state index in [1.165, 1.54) is 33.4 Å². The van der Waals surface area contributed by atoms with E-state index in [4.69, 9.17) is 0 Å². The minimum Gasteiger partial charge on any atom is -0.310 e. The second-order valence-electron chi connectivity index (χ2n) is 6.42. The second kappa shape index (κ2) is 6.98. The molecule has 3 aromatic rings. The standard InChI is InChI=1S/C24H23N/c1-2-19-17-18-24(23-16-10-9-15-22(19)23)25(20-11-5-3-6-12-20)21-13-7-4-8-14-21/h3,5-7,9-18H,2,4,8H2,1H3. The summed E-state index contributed by atoms with van der Waals surface area (Å²) in [6.07, 6.45) is 10.1. The van der Waals surface area contributed by atoms with Crippen molar-refractivity contribution in [2.24, 2.45) is 0 Å². The summed E-state index contributed by atoms with van der Waals surface area (Å²) in [6, 6.07) is 24.0. The van der Waals surface area contributed by atoms with Gasteiger partial charge in [-0.25, -0.2) is 0 Å². The first kappa shape index (κ1) is 15.7. The highest BCUT2D eigenvalue weighted by atomic mass is 15.1. The highest BCUT2D eigenvalue weighted by Crippen LogP contribution is 2.37. The normalized spacial score (nSPS) is 13.7. The van der Waals surface area contributed by atoms with E-state index in [2.05, 4.69) is 96.8 Å². The van der Waals surface area contributed by atoms with E-state index >= 15 is 0 Å². The molecule has 4 rings (SSSR count). The first-order valence-electron chi connectivity index (χ1n) is 9.11. The molecule has 0 N–H and O–H groups in total. The second-order valence-corrected chi connectivity index (χ2v) is 6.42. The minimum atomic E-state index is 1.05. The number of nitrogens with zero attached hydrogens (tertiary/aromatic N) is 1. The van der Waals surface area contributed by atoms with Crippen LogP contribution in [0.15, 0.2) is 90.7 Å². The molecule has 3 aromatic carbocycles. The maximum Gasteiger partial charge on any atom is 0.0540 e. The van der Waals surface area contributed by atoms with Crippen molar-refractivity contribution in [1.29, 1.82) is 0 Å². The molecule has 0 saturated heterocycles. The van der Waals surface area contributed by atoms with Gasteiger partial charge in [0, 0.05) is 16.8 Å². The van der Waals surface area contributed by atoms with Gasteiger partial charge in [-0.05, 0) is 54.5 Å². The van der Waals surface area contributed by atoms with Crippen LogP contribution >= 0.6 is 0 Å². The third-order valence-electron chi connectivity index (χ3n) is 4.86. The van der Waals surface area contributed by atoms with Crippen LogP contribution in [0.5, 0.6) is 0 Å². The Morgan fingerprint density at radius 3 is 2.28 bits per heavy atom. The van der Waals surface area contributed by atoms with Gasteiger partial charge >= 0.3 is 0 Å². The molecule has 1 aliphatic carbocycles. The molecule has 1 nitrogen and oxygen atoms in total. The Hall–Kier alpha value is -2.80. The number of hydrogen-bond acceptors (Lipinski definition) is 1. The topological polar surface area (TPSA) is 3.24 Å². The summed E-state index contributed by atoms with van der Waals surface area (Å²) in [5.74, 6) is 0. The SMILES string of the molecule is CCc1ccc(N(C2=CCCC=C2)c2ccccc2)c2ccccc12. The maximum absolute atomic E-state index is 2.39. The summed E-state index contributed by atoms with van der Waals surface area (Å²) in [7, 11) is 0. The van der Waals surface area contributed by atoms with Crippen LogP contribution in [0.25, 0.3) is 10.8 Å². The Morgan fingerprint density at radius 1 is 0.800 bits per heavy atom. The smallest absolute Gasteiger partial charge is 0.0540 e. The molecule has 0 aliphatic heterocycles. The highest BCUT2D eigenvalue weighted by Gasteiger charge is 2.17. The summed E-state index contributed by atoms with van der Waals surface area (Å²) < 4.78 is 0. The first-order chi connectivity index (χ1) is 12.4. The fourth-order valence-corrected chi connectivity index (χ4v) is 3.62. The molecular weight excluding hydrogens is 302 g/mol. The Balaban J connectivity index is 1.96. The van der Waals surface area contributed by atoms with E-state index in [1.54, 1.807) is 0 Å². The minimum absolute atomic E-state index is 1.05. The number of para-hydroxylation sites is 1. The Bertz CT molecular complexity index is 935. The average Bonchev–Trinajstić information content (AvgIpc) is 2.70. The van der Waals surface area contributed by atoms with Crippen molar-refractivity contribution >= 4 is 22.1 Å². The molecule has 0 heterocycles. The Labute approximate surface area is 149 Å². The van der Waals surface area contributed by atoms with Gasteiger partial charge in [-0.15, -0.1) is 0 Å². The van der Waals surface area contributed by atoms with Gasteiger partial charge in [-0.1, -0.05) is 67.6 Å². The van der Waals surface area contributed by atoms with Gasteiger partial charge in [0.2, 0.25) is 0 Å². The number of rotatable bonds is 4. The molecule has 0 radical (unpaired) electrons. The van der Waals surface area contributed by atoms with Crippen LogP contribution in [-0.4, -0.2) is 0 Å². The maximum atomic E-state index is 2.39. The number of aryl methyl sites for hydroxylation is 1. The lowest BCUT2D eigenvalue weighted by atomic mass is 9.99. The lowest BCUT2D eigenvalue weighted by Crippen LogP contribution is -2.16. The largest absolute Gasteiger partial charge is 0.310 e. The average molecular weight is 325 g/mol. The zero-order chi connectivity index (χ0) is 17.1. The highest BCUT2D eigenvalue weighted by molar-refractivity contribution is 5.99. The van der Waals surface area contributed by atoms with Gasteiger partial charge in [0.05, 0.1) is 5.69 Å². The van der Waals surface area contributed by atoms with Crippen molar-refractivity contribution in [2.45, 2.75) is 26.2 Å². The molecule has 0 saturated carbocycles. The van der Waals surface area contributed by atoms with E-state index in [0.717, 1.165) is 19.3 Å². The summed E-state index contributed by atoms with van der Waals surface area (Å²) in [5.41, 5.74) is 5.11. The van der Waals surface area contributed by atoms with Gasteiger partial charge in [-0.2, -0.15) is 0 Å². The fraction of sp³-hybridized carbons (Fsp3) is 0.167. The zero-order valence-corrected chi connectivity index (χ0v) is 14.7. The molecule has 124 valence electrons. The molecule has 1 aliphatic rings. The lowest BCUT2D eigenvalue weighted by Gasteiger charge is -2.29. The summed E-state index contributed by atoms with van der Waals surface area (Å²) in [6.45, 7) is 2.23. The van der Waals surface area contributed by atoms with Gasteiger partial charge < -0.3 is 4.90 Å². The summed E-state index contributed by atoms with van der Waals surface area (Å²) in [5, 5.41) is 2.66. The first-order valence-corrected chi connectivity index (χ1v) is 9.11. The van der Waals surface area contributed by atoms with E-state index < -0.39 is 0 Å². The van der Waals surface area contributed by atoms with Crippen molar-refractivity contribution < 1.29 is 0 Å². The number of fused-ring (bicyclic) bond motifs is 1. The quantitative estimate of drug-likeness (QED) is 0.511. The number of hydrogen-bond donors (Lipinski definition) is 0. The predicted octanol–water partition coefficient (Wildman–Crippen LogP) is 6.77. The van der Waals surface area contributed by atoms with Gasteiger partial charge in [0.1, 0.15) is 0 Å². The van der Waals surface area contributed by atoms with E-state index in [9.17, 15) is 0 Å². The van der Waals surface area contributed by atoms with Crippen molar-refractivity contribution in [3.63, 3.8) is 0 Å². The van der Waals surface area contributed by atoms with Crippen molar-refractivity contribution in [2.75, 3.05) is 4.90 Å².